The van der Waals surface area contributed by atoms with E-state index in [1.165, 1.54) is 19.3 Å². The van der Waals surface area contributed by atoms with Crippen molar-refractivity contribution < 1.29 is 19.1 Å². The largest absolute Gasteiger partial charge is 0.497 e. The van der Waals surface area contributed by atoms with E-state index in [0.29, 0.717) is 48.7 Å². The van der Waals surface area contributed by atoms with Crippen LogP contribution >= 0.6 is 0 Å². The molecule has 0 unspecified atom stereocenters. The van der Waals surface area contributed by atoms with Gasteiger partial charge in [-0.2, -0.15) is 0 Å². The Labute approximate surface area is 230 Å². The minimum absolute atomic E-state index is 0.0162. The van der Waals surface area contributed by atoms with E-state index in [0.717, 1.165) is 44.5 Å². The van der Waals surface area contributed by atoms with E-state index >= 15 is 0 Å². The van der Waals surface area contributed by atoms with Gasteiger partial charge in [-0.05, 0) is 62.1 Å². The Bertz CT molecular complexity index is 1180. The highest BCUT2D eigenvalue weighted by atomic mass is 16.5. The number of rotatable bonds is 6. The lowest BCUT2D eigenvalue weighted by atomic mass is 9.96. The van der Waals surface area contributed by atoms with Crippen molar-refractivity contribution in [1.82, 2.24) is 15.1 Å². The Morgan fingerprint density at radius 1 is 0.821 bits per heavy atom. The smallest absolute Gasteiger partial charge is 0.317 e. The van der Waals surface area contributed by atoms with Gasteiger partial charge in [-0.25, -0.2) is 4.79 Å². The van der Waals surface area contributed by atoms with Gasteiger partial charge in [-0.15, -0.1) is 0 Å². The highest BCUT2D eigenvalue weighted by Crippen LogP contribution is 2.29. The molecule has 208 valence electrons. The average Bonchev–Trinajstić information content (AvgIpc) is 3.53. The molecule has 1 aliphatic carbocycles. The number of benzene rings is 2. The second-order valence-corrected chi connectivity index (χ2v) is 10.7. The number of nitrogens with zero attached hydrogens (tertiary/aromatic N) is 3. The van der Waals surface area contributed by atoms with Crippen molar-refractivity contribution >= 4 is 29.2 Å². The molecule has 0 bridgehead atoms. The summed E-state index contributed by atoms with van der Waals surface area (Å²) in [7, 11) is 1.56. The number of carbonyl (C=O) groups is 3. The molecule has 2 aliphatic heterocycles. The number of piperazine rings is 1. The second-order valence-electron chi connectivity index (χ2n) is 10.7. The SMILES string of the molecule is COc1cccc(C(=O)Nc2ccc(N3CCN(C(=O)NC4CCCCC4)CC3)c(C(=O)N3CCCC3)c2)c1. The average molecular weight is 534 g/mol. The first-order valence-electron chi connectivity index (χ1n) is 14.2. The fourth-order valence-electron chi connectivity index (χ4n) is 5.78. The zero-order valence-corrected chi connectivity index (χ0v) is 22.8. The summed E-state index contributed by atoms with van der Waals surface area (Å²) in [6, 6.07) is 12.8. The number of nitrogens with one attached hydrogen (secondary N) is 2. The molecule has 2 N–H and O–H groups in total. The third kappa shape index (κ3) is 6.46. The molecule has 2 saturated heterocycles. The first-order valence-corrected chi connectivity index (χ1v) is 14.2. The van der Waals surface area contributed by atoms with E-state index in [-0.39, 0.29) is 23.9 Å². The molecule has 3 fully saturated rings. The van der Waals surface area contributed by atoms with Crippen LogP contribution < -0.4 is 20.3 Å². The molecule has 4 amide bonds. The van der Waals surface area contributed by atoms with Crippen LogP contribution in [0.2, 0.25) is 0 Å². The maximum atomic E-state index is 13.6. The fourth-order valence-corrected chi connectivity index (χ4v) is 5.78. The van der Waals surface area contributed by atoms with Crippen LogP contribution in [0.3, 0.4) is 0 Å². The van der Waals surface area contributed by atoms with Crippen molar-refractivity contribution in [3.63, 3.8) is 0 Å². The Balaban J connectivity index is 1.29. The lowest BCUT2D eigenvalue weighted by molar-refractivity contribution is 0.0792. The number of methoxy groups -OCH3 is 1. The van der Waals surface area contributed by atoms with Crippen molar-refractivity contribution in [2.24, 2.45) is 0 Å². The molecule has 0 aromatic heterocycles. The Kier molecular flexibility index (Phi) is 8.54. The van der Waals surface area contributed by atoms with Crippen molar-refractivity contribution in [1.29, 1.82) is 0 Å². The third-order valence-corrected chi connectivity index (χ3v) is 8.05. The summed E-state index contributed by atoms with van der Waals surface area (Å²) in [5.41, 5.74) is 2.48. The maximum Gasteiger partial charge on any atom is 0.317 e. The van der Waals surface area contributed by atoms with E-state index in [1.807, 2.05) is 21.9 Å². The molecule has 0 atom stereocenters. The Hall–Kier alpha value is -3.75. The molecular formula is C30H39N5O4. The van der Waals surface area contributed by atoms with Gasteiger partial charge in [0.05, 0.1) is 12.7 Å². The van der Waals surface area contributed by atoms with Gasteiger partial charge in [-0.1, -0.05) is 25.3 Å². The lowest BCUT2D eigenvalue weighted by Crippen LogP contribution is -2.54. The van der Waals surface area contributed by atoms with Gasteiger partial charge in [0.2, 0.25) is 0 Å². The van der Waals surface area contributed by atoms with Crippen LogP contribution in [0.25, 0.3) is 0 Å². The van der Waals surface area contributed by atoms with Crippen LogP contribution in [0.1, 0.15) is 65.7 Å². The zero-order chi connectivity index (χ0) is 27.2. The molecular weight excluding hydrogens is 494 g/mol. The van der Waals surface area contributed by atoms with E-state index in [1.54, 1.807) is 37.4 Å². The van der Waals surface area contributed by atoms with Gasteiger partial charge in [0.15, 0.2) is 0 Å². The summed E-state index contributed by atoms with van der Waals surface area (Å²) in [6.07, 6.45) is 7.76. The molecule has 1 saturated carbocycles. The predicted octanol–water partition coefficient (Wildman–Crippen LogP) is 4.35. The molecule has 2 aromatic rings. The van der Waals surface area contributed by atoms with Gasteiger partial charge in [0.25, 0.3) is 11.8 Å². The summed E-state index contributed by atoms with van der Waals surface area (Å²) >= 11 is 0. The number of ether oxygens (including phenoxy) is 1. The lowest BCUT2D eigenvalue weighted by Gasteiger charge is -2.38. The van der Waals surface area contributed by atoms with E-state index in [2.05, 4.69) is 15.5 Å². The summed E-state index contributed by atoms with van der Waals surface area (Å²) < 4.78 is 5.24. The first-order chi connectivity index (χ1) is 19.0. The number of likely N-dealkylation sites (tertiary alicyclic amines) is 1. The Morgan fingerprint density at radius 2 is 1.56 bits per heavy atom. The standard InChI is InChI=1S/C30H39N5O4/c1-39-25-11-7-8-22(20-25)28(36)31-24-12-13-27(26(21-24)29(37)34-14-5-6-15-34)33-16-18-35(19-17-33)30(38)32-23-9-3-2-4-10-23/h7-8,11-13,20-21,23H,2-6,9-10,14-19H2,1H3,(H,31,36)(H,32,38). The van der Waals surface area contributed by atoms with Crippen molar-refractivity contribution in [2.75, 3.05) is 56.6 Å². The van der Waals surface area contributed by atoms with Crippen molar-refractivity contribution in [2.45, 2.75) is 51.0 Å². The molecule has 5 rings (SSSR count). The zero-order valence-electron chi connectivity index (χ0n) is 22.8. The molecule has 2 aromatic carbocycles. The van der Waals surface area contributed by atoms with Crippen molar-refractivity contribution in [3.05, 3.63) is 53.6 Å². The molecule has 0 radical (unpaired) electrons. The molecule has 2 heterocycles. The summed E-state index contributed by atoms with van der Waals surface area (Å²) in [5, 5.41) is 6.16. The number of amides is 4. The Morgan fingerprint density at radius 3 is 2.28 bits per heavy atom. The minimum atomic E-state index is -0.265. The predicted molar refractivity (Wildman–Crippen MR) is 152 cm³/mol. The van der Waals surface area contributed by atoms with Gasteiger partial charge in [0, 0.05) is 62.2 Å². The number of hydrogen-bond acceptors (Lipinski definition) is 5. The van der Waals surface area contributed by atoms with Crippen LogP contribution in [0.15, 0.2) is 42.5 Å². The topological polar surface area (TPSA) is 94.2 Å². The van der Waals surface area contributed by atoms with Crippen LogP contribution in [0.5, 0.6) is 5.75 Å². The minimum Gasteiger partial charge on any atom is -0.497 e. The number of carbonyl (C=O) groups excluding carboxylic acids is 3. The van der Waals surface area contributed by atoms with E-state index < -0.39 is 0 Å². The molecule has 0 spiro atoms. The fraction of sp³-hybridized carbons (Fsp3) is 0.500. The van der Waals surface area contributed by atoms with Gasteiger partial charge < -0.3 is 30.1 Å². The first kappa shape index (κ1) is 26.8. The molecule has 9 heteroatoms. The molecule has 39 heavy (non-hydrogen) atoms. The monoisotopic (exact) mass is 533 g/mol. The summed E-state index contributed by atoms with van der Waals surface area (Å²) in [5.74, 6) is 0.325. The quantitative estimate of drug-likeness (QED) is 0.576. The van der Waals surface area contributed by atoms with Crippen molar-refractivity contribution in [3.8, 4) is 5.75 Å². The van der Waals surface area contributed by atoms with Crippen LogP contribution in [0.4, 0.5) is 16.2 Å². The summed E-state index contributed by atoms with van der Waals surface area (Å²) in [4.78, 5) is 45.3. The highest BCUT2D eigenvalue weighted by Gasteiger charge is 2.28. The van der Waals surface area contributed by atoms with Crippen LogP contribution in [-0.4, -0.2) is 80.1 Å². The molecule has 3 aliphatic rings. The number of urea groups is 1. The van der Waals surface area contributed by atoms with E-state index in [4.69, 9.17) is 4.74 Å². The summed E-state index contributed by atoms with van der Waals surface area (Å²) in [6.45, 7) is 3.98. The number of hydrogen-bond donors (Lipinski definition) is 2. The van der Waals surface area contributed by atoms with Gasteiger partial charge in [0.1, 0.15) is 5.75 Å². The second kappa shape index (κ2) is 12.4. The highest BCUT2D eigenvalue weighted by molar-refractivity contribution is 6.06. The molecule has 9 nitrogen and oxygen atoms in total. The maximum absolute atomic E-state index is 13.6. The van der Waals surface area contributed by atoms with Crippen LogP contribution in [-0.2, 0) is 0 Å². The van der Waals surface area contributed by atoms with Crippen LogP contribution in [0, 0.1) is 0 Å². The van der Waals surface area contributed by atoms with Gasteiger partial charge >= 0.3 is 6.03 Å². The normalized spacial score (nSPS) is 18.1. The third-order valence-electron chi connectivity index (χ3n) is 8.05. The van der Waals surface area contributed by atoms with Gasteiger partial charge in [-0.3, -0.25) is 9.59 Å². The number of anilines is 2. The van der Waals surface area contributed by atoms with E-state index in [9.17, 15) is 14.4 Å².